The zero-order chi connectivity index (χ0) is 8.20. The summed E-state index contributed by atoms with van der Waals surface area (Å²) in [5.74, 6) is 1.65. The Morgan fingerprint density at radius 1 is 1.60 bits per heavy atom. The maximum Gasteiger partial charge on any atom is 0.295 e. The number of hydrogen-bond donors (Lipinski definition) is 1. The van der Waals surface area contributed by atoms with Crippen LogP contribution in [0.1, 0.15) is 20.8 Å². The number of amides is 1. The van der Waals surface area contributed by atoms with E-state index >= 15 is 0 Å². The molecule has 56 valence electrons. The topological polar surface area (TPSA) is 29.1 Å². The van der Waals surface area contributed by atoms with Crippen molar-refractivity contribution < 1.29 is 4.79 Å². The lowest BCUT2D eigenvalue weighted by molar-refractivity contribution is -0.116. The van der Waals surface area contributed by atoms with Crippen molar-refractivity contribution in [2.45, 2.75) is 20.8 Å². The number of rotatable bonds is 1. The predicted octanol–water partition coefficient (Wildman–Crippen LogP) is 0.782. The van der Waals surface area contributed by atoms with Gasteiger partial charge in [-0.3, -0.25) is 4.79 Å². The van der Waals surface area contributed by atoms with Crippen molar-refractivity contribution in [1.29, 1.82) is 0 Å². The molecule has 0 unspecified atom stereocenters. The molecule has 0 aliphatic rings. The van der Waals surface area contributed by atoms with E-state index in [2.05, 4.69) is 5.32 Å². The van der Waals surface area contributed by atoms with Crippen LogP contribution in [0.25, 0.3) is 0 Å². The molecule has 0 heterocycles. The third-order valence-electron chi connectivity index (χ3n) is 0.910. The van der Waals surface area contributed by atoms with Crippen LogP contribution >= 0.6 is 0 Å². The molecule has 0 saturated carbocycles. The highest BCUT2D eigenvalue weighted by Gasteiger charge is 2.09. The highest BCUT2D eigenvalue weighted by atomic mass is 16.1. The Bertz CT molecular complexity index is 159. The van der Waals surface area contributed by atoms with E-state index < -0.39 is 0 Å². The van der Waals surface area contributed by atoms with Gasteiger partial charge in [0.25, 0.3) is 5.91 Å². The smallest absolute Gasteiger partial charge is 0.295 e. The van der Waals surface area contributed by atoms with Crippen molar-refractivity contribution >= 4 is 5.91 Å². The summed E-state index contributed by atoms with van der Waals surface area (Å²) in [7, 11) is 0. The number of nitrogens with one attached hydrogen (secondary N) is 1. The van der Waals surface area contributed by atoms with Gasteiger partial charge < -0.3 is 5.32 Å². The zero-order valence-corrected chi connectivity index (χ0v) is 6.69. The second kappa shape index (κ2) is 3.26. The summed E-state index contributed by atoms with van der Waals surface area (Å²) < 4.78 is 0. The van der Waals surface area contributed by atoms with Gasteiger partial charge in [-0.1, -0.05) is 20.8 Å². The standard InChI is InChI=1S/C8H13NO/c1-5-7(10)9-6-8(2,3)4/h1H,6H2,2-4H3,(H,9,10). The molecule has 0 atom stereocenters. The molecule has 0 rings (SSSR count). The van der Waals surface area contributed by atoms with Gasteiger partial charge in [0.2, 0.25) is 0 Å². The molecule has 1 amide bonds. The monoisotopic (exact) mass is 139 g/mol. The molecule has 10 heavy (non-hydrogen) atoms. The van der Waals surface area contributed by atoms with Gasteiger partial charge >= 0.3 is 0 Å². The van der Waals surface area contributed by atoms with Crippen LogP contribution in [0.15, 0.2) is 0 Å². The van der Waals surface area contributed by atoms with E-state index in [0.29, 0.717) is 6.54 Å². The van der Waals surface area contributed by atoms with Crippen molar-refractivity contribution in [1.82, 2.24) is 5.32 Å². The van der Waals surface area contributed by atoms with E-state index in [9.17, 15) is 4.79 Å². The predicted molar refractivity (Wildman–Crippen MR) is 41.3 cm³/mol. The average molecular weight is 139 g/mol. The third-order valence-corrected chi connectivity index (χ3v) is 0.910. The van der Waals surface area contributed by atoms with E-state index in [1.807, 2.05) is 26.7 Å². The first kappa shape index (κ1) is 9.03. The Hall–Kier alpha value is -0.970. The summed E-state index contributed by atoms with van der Waals surface area (Å²) in [4.78, 5) is 10.5. The van der Waals surface area contributed by atoms with Crippen molar-refractivity contribution in [3.05, 3.63) is 0 Å². The van der Waals surface area contributed by atoms with Crippen LogP contribution in [-0.4, -0.2) is 12.5 Å². The summed E-state index contributed by atoms with van der Waals surface area (Å²) in [5.41, 5.74) is 0.104. The van der Waals surface area contributed by atoms with Crippen LogP contribution in [0.5, 0.6) is 0 Å². The summed E-state index contributed by atoms with van der Waals surface area (Å²) in [6, 6.07) is 0. The van der Waals surface area contributed by atoms with E-state index in [-0.39, 0.29) is 11.3 Å². The maximum atomic E-state index is 10.5. The zero-order valence-electron chi connectivity index (χ0n) is 6.69. The minimum atomic E-state index is -0.338. The Morgan fingerprint density at radius 3 is 2.40 bits per heavy atom. The largest absolute Gasteiger partial charge is 0.345 e. The van der Waals surface area contributed by atoms with Gasteiger partial charge in [0.05, 0.1) is 0 Å². The molecule has 0 radical (unpaired) electrons. The van der Waals surface area contributed by atoms with Crippen LogP contribution in [0.4, 0.5) is 0 Å². The first-order chi connectivity index (χ1) is 4.45. The molecule has 0 aromatic rings. The number of terminal acetylenes is 1. The molecular weight excluding hydrogens is 126 g/mol. The van der Waals surface area contributed by atoms with E-state index in [1.165, 1.54) is 0 Å². The van der Waals surface area contributed by atoms with Crippen LogP contribution in [-0.2, 0) is 4.79 Å². The summed E-state index contributed by atoms with van der Waals surface area (Å²) >= 11 is 0. The molecular formula is C8H13NO. The number of hydrogen-bond acceptors (Lipinski definition) is 1. The van der Waals surface area contributed by atoms with Gasteiger partial charge in [0, 0.05) is 6.54 Å². The highest BCUT2D eigenvalue weighted by Crippen LogP contribution is 2.09. The molecule has 0 aromatic carbocycles. The molecule has 2 heteroatoms. The SMILES string of the molecule is C#CC(=O)NCC(C)(C)C. The minimum Gasteiger partial charge on any atom is -0.345 e. The summed E-state index contributed by atoms with van der Waals surface area (Å²) in [6.45, 7) is 6.72. The first-order valence-electron chi connectivity index (χ1n) is 3.20. The number of carbonyl (C=O) groups excluding carboxylic acids is 1. The Kier molecular flexibility index (Phi) is 2.95. The molecule has 0 spiro atoms. The van der Waals surface area contributed by atoms with Crippen LogP contribution in [0.3, 0.4) is 0 Å². The molecule has 0 aliphatic heterocycles. The quantitative estimate of drug-likeness (QED) is 0.534. The average Bonchev–Trinajstić information content (AvgIpc) is 1.81. The summed E-state index contributed by atoms with van der Waals surface area (Å²) in [6.07, 6.45) is 4.84. The highest BCUT2D eigenvalue weighted by molar-refractivity contribution is 5.92. The normalized spacial score (nSPS) is 10.2. The minimum absolute atomic E-state index is 0.104. The second-order valence-electron chi connectivity index (χ2n) is 3.39. The third kappa shape index (κ3) is 5.17. The van der Waals surface area contributed by atoms with Crippen LogP contribution in [0.2, 0.25) is 0 Å². The molecule has 0 bridgehead atoms. The van der Waals surface area contributed by atoms with E-state index in [0.717, 1.165) is 0 Å². The fourth-order valence-corrected chi connectivity index (χ4v) is 0.396. The van der Waals surface area contributed by atoms with Gasteiger partial charge in [-0.05, 0) is 11.3 Å². The van der Waals surface area contributed by atoms with Gasteiger partial charge in [-0.25, -0.2) is 0 Å². The van der Waals surface area contributed by atoms with Gasteiger partial charge in [0.15, 0.2) is 0 Å². The van der Waals surface area contributed by atoms with Crippen molar-refractivity contribution in [3.8, 4) is 12.3 Å². The Balaban J connectivity index is 3.58. The molecule has 0 aromatic heterocycles. The lowest BCUT2D eigenvalue weighted by Crippen LogP contribution is -2.31. The van der Waals surface area contributed by atoms with Crippen LogP contribution < -0.4 is 5.32 Å². The maximum absolute atomic E-state index is 10.5. The van der Waals surface area contributed by atoms with Gasteiger partial charge in [-0.15, -0.1) is 6.42 Å². The molecule has 0 aliphatic carbocycles. The van der Waals surface area contributed by atoms with Gasteiger partial charge in [0.1, 0.15) is 0 Å². The van der Waals surface area contributed by atoms with Gasteiger partial charge in [-0.2, -0.15) is 0 Å². The van der Waals surface area contributed by atoms with Crippen molar-refractivity contribution in [2.75, 3.05) is 6.54 Å². The Labute approximate surface area is 62.0 Å². The first-order valence-corrected chi connectivity index (χ1v) is 3.20. The second-order valence-corrected chi connectivity index (χ2v) is 3.39. The Morgan fingerprint density at radius 2 is 2.10 bits per heavy atom. The molecule has 0 saturated heterocycles. The number of carbonyl (C=O) groups is 1. The molecule has 0 fully saturated rings. The van der Waals surface area contributed by atoms with E-state index in [4.69, 9.17) is 6.42 Å². The fraction of sp³-hybridized carbons (Fsp3) is 0.625. The lowest BCUT2D eigenvalue weighted by Gasteiger charge is -2.17. The fourth-order valence-electron chi connectivity index (χ4n) is 0.396. The van der Waals surface area contributed by atoms with E-state index in [1.54, 1.807) is 0 Å². The lowest BCUT2D eigenvalue weighted by atomic mass is 9.97. The molecule has 2 nitrogen and oxygen atoms in total. The van der Waals surface area contributed by atoms with Crippen LogP contribution in [0, 0.1) is 17.8 Å². The van der Waals surface area contributed by atoms with Crippen molar-refractivity contribution in [2.24, 2.45) is 5.41 Å². The van der Waals surface area contributed by atoms with Crippen molar-refractivity contribution in [3.63, 3.8) is 0 Å². The summed E-state index contributed by atoms with van der Waals surface area (Å²) in [5, 5.41) is 2.60. The molecule has 1 N–H and O–H groups in total.